The van der Waals surface area contributed by atoms with E-state index in [9.17, 15) is 14.4 Å². The van der Waals surface area contributed by atoms with E-state index in [0.717, 1.165) is 10.8 Å². The van der Waals surface area contributed by atoms with Gasteiger partial charge in [-0.05, 0) is 35.7 Å². The van der Waals surface area contributed by atoms with Crippen molar-refractivity contribution in [2.24, 2.45) is 0 Å². The lowest BCUT2D eigenvalue weighted by Gasteiger charge is -2.35. The fourth-order valence-electron chi connectivity index (χ4n) is 3.44. The third-order valence-electron chi connectivity index (χ3n) is 4.92. The number of nitrogens with zero attached hydrogens (tertiary/aromatic N) is 1. The second kappa shape index (κ2) is 8.66. The number of carbonyl (C=O) groups excluding carboxylic acids is 3. The Kier molecular flexibility index (Phi) is 6.06. The number of hydrogen-bond donors (Lipinski definition) is 1. The lowest BCUT2D eigenvalue weighted by molar-refractivity contribution is -0.140. The summed E-state index contributed by atoms with van der Waals surface area (Å²) in [6.45, 7) is 0.940. The molecule has 0 spiro atoms. The molecule has 1 saturated heterocycles. The molecule has 1 aliphatic heterocycles. The lowest BCUT2D eigenvalue weighted by Crippen LogP contribution is -2.57. The molecule has 142 valence electrons. The van der Waals surface area contributed by atoms with Crippen LogP contribution in [0.2, 0.25) is 0 Å². The molecule has 0 bridgehead atoms. The van der Waals surface area contributed by atoms with Crippen LogP contribution in [0.15, 0.2) is 42.5 Å². The number of hydrogen-bond acceptors (Lipinski definition) is 4. The van der Waals surface area contributed by atoms with Crippen molar-refractivity contribution in [2.75, 3.05) is 20.2 Å². The van der Waals surface area contributed by atoms with Crippen LogP contribution < -0.4 is 5.32 Å². The van der Waals surface area contributed by atoms with E-state index < -0.39 is 6.04 Å². The van der Waals surface area contributed by atoms with Crippen molar-refractivity contribution in [3.05, 3.63) is 48.0 Å². The zero-order valence-electron chi connectivity index (χ0n) is 15.4. The minimum Gasteiger partial charge on any atom is -0.469 e. The van der Waals surface area contributed by atoms with Crippen molar-refractivity contribution in [1.29, 1.82) is 0 Å². The van der Waals surface area contributed by atoms with Crippen molar-refractivity contribution >= 4 is 28.6 Å². The third kappa shape index (κ3) is 4.45. The number of carbonyl (C=O) groups is 3. The fourth-order valence-corrected chi connectivity index (χ4v) is 3.44. The summed E-state index contributed by atoms with van der Waals surface area (Å²) in [7, 11) is 1.36. The quantitative estimate of drug-likeness (QED) is 0.628. The van der Waals surface area contributed by atoms with E-state index in [0.29, 0.717) is 44.3 Å². The molecule has 6 nitrogen and oxygen atoms in total. The highest BCUT2D eigenvalue weighted by Gasteiger charge is 2.33. The average Bonchev–Trinajstić information content (AvgIpc) is 2.70. The van der Waals surface area contributed by atoms with Crippen LogP contribution in [0.3, 0.4) is 0 Å². The van der Waals surface area contributed by atoms with Gasteiger partial charge in [0.15, 0.2) is 0 Å². The molecule has 27 heavy (non-hydrogen) atoms. The highest BCUT2D eigenvalue weighted by Crippen LogP contribution is 2.20. The van der Waals surface area contributed by atoms with E-state index in [1.165, 1.54) is 7.11 Å². The first kappa shape index (κ1) is 18.9. The maximum absolute atomic E-state index is 13.1. The van der Waals surface area contributed by atoms with Gasteiger partial charge in [0.2, 0.25) is 5.91 Å². The molecule has 2 aromatic rings. The van der Waals surface area contributed by atoms with Gasteiger partial charge in [-0.25, -0.2) is 0 Å². The van der Waals surface area contributed by atoms with Gasteiger partial charge in [-0.1, -0.05) is 36.8 Å². The van der Waals surface area contributed by atoms with Crippen molar-refractivity contribution in [1.82, 2.24) is 10.2 Å². The zero-order valence-corrected chi connectivity index (χ0v) is 15.4. The van der Waals surface area contributed by atoms with Crippen LogP contribution in [0.1, 0.15) is 36.0 Å². The van der Waals surface area contributed by atoms with Crippen LogP contribution >= 0.6 is 0 Å². The number of nitrogens with one attached hydrogen (secondary N) is 1. The number of piperazine rings is 1. The second-order valence-corrected chi connectivity index (χ2v) is 6.69. The van der Waals surface area contributed by atoms with E-state index in [1.807, 2.05) is 42.5 Å². The summed E-state index contributed by atoms with van der Waals surface area (Å²) < 4.78 is 4.63. The number of fused-ring (bicyclic) bond motifs is 1. The summed E-state index contributed by atoms with van der Waals surface area (Å²) in [6.07, 6.45) is 2.16. The van der Waals surface area contributed by atoms with Crippen LogP contribution in [-0.2, 0) is 14.3 Å². The molecule has 1 heterocycles. The Morgan fingerprint density at radius 3 is 2.70 bits per heavy atom. The van der Waals surface area contributed by atoms with Crippen LogP contribution in [0.25, 0.3) is 10.8 Å². The molecule has 3 rings (SSSR count). The van der Waals surface area contributed by atoms with Gasteiger partial charge in [0.25, 0.3) is 5.91 Å². The summed E-state index contributed by atoms with van der Waals surface area (Å²) in [5.74, 6) is -0.519. The second-order valence-electron chi connectivity index (χ2n) is 6.69. The first-order valence-corrected chi connectivity index (χ1v) is 9.24. The minimum absolute atomic E-state index is 0.131. The minimum atomic E-state index is -0.504. The van der Waals surface area contributed by atoms with E-state index in [4.69, 9.17) is 0 Å². The monoisotopic (exact) mass is 368 g/mol. The number of methoxy groups -OCH3 is 1. The summed E-state index contributed by atoms with van der Waals surface area (Å²) in [6, 6.07) is 13.0. The SMILES string of the molecule is COC(=O)CCCCC1C(=O)NCCN1C(=O)c1ccc2ccccc2c1. The molecule has 0 aromatic heterocycles. The van der Waals surface area contributed by atoms with Crippen molar-refractivity contribution in [2.45, 2.75) is 31.7 Å². The molecule has 1 aliphatic rings. The highest BCUT2D eigenvalue weighted by molar-refractivity contribution is 6.01. The normalized spacial score (nSPS) is 16.9. The summed E-state index contributed by atoms with van der Waals surface area (Å²) >= 11 is 0. The Bertz CT molecular complexity index is 849. The molecule has 0 radical (unpaired) electrons. The largest absolute Gasteiger partial charge is 0.469 e. The molecular formula is C21H24N2O4. The molecular weight excluding hydrogens is 344 g/mol. The Morgan fingerprint density at radius 1 is 1.15 bits per heavy atom. The first-order valence-electron chi connectivity index (χ1n) is 9.24. The maximum atomic E-state index is 13.1. The van der Waals surface area contributed by atoms with Crippen LogP contribution in [0.4, 0.5) is 0 Å². The first-order chi connectivity index (χ1) is 13.1. The topological polar surface area (TPSA) is 75.7 Å². The summed E-state index contributed by atoms with van der Waals surface area (Å²) in [4.78, 5) is 38.3. The molecule has 1 atom stereocenters. The predicted octanol–water partition coefficient (Wildman–Crippen LogP) is 2.51. The van der Waals surface area contributed by atoms with Gasteiger partial charge in [-0.3, -0.25) is 14.4 Å². The molecule has 0 saturated carbocycles. The van der Waals surface area contributed by atoms with Gasteiger partial charge >= 0.3 is 5.97 Å². The van der Waals surface area contributed by atoms with Crippen LogP contribution in [0.5, 0.6) is 0 Å². The number of ether oxygens (including phenoxy) is 1. The number of amides is 2. The number of benzene rings is 2. The van der Waals surface area contributed by atoms with Gasteiger partial charge < -0.3 is 15.0 Å². The third-order valence-corrected chi connectivity index (χ3v) is 4.92. The van der Waals surface area contributed by atoms with E-state index in [-0.39, 0.29) is 17.8 Å². The number of unbranched alkanes of at least 4 members (excludes halogenated alkanes) is 1. The standard InChI is InChI=1S/C21H24N2O4/c1-27-19(24)9-5-4-8-18-20(25)22-12-13-23(18)21(26)17-11-10-15-6-2-3-7-16(15)14-17/h2-3,6-7,10-11,14,18H,4-5,8-9,12-13H2,1H3,(H,22,25). The summed E-state index contributed by atoms with van der Waals surface area (Å²) in [5, 5.41) is 4.91. The van der Waals surface area contributed by atoms with Gasteiger partial charge in [-0.2, -0.15) is 0 Å². The molecule has 2 aromatic carbocycles. The van der Waals surface area contributed by atoms with Crippen molar-refractivity contribution in [3.8, 4) is 0 Å². The van der Waals surface area contributed by atoms with Gasteiger partial charge in [0.1, 0.15) is 6.04 Å². The fraction of sp³-hybridized carbons (Fsp3) is 0.381. The predicted molar refractivity (Wildman–Crippen MR) is 102 cm³/mol. The van der Waals surface area contributed by atoms with Crippen LogP contribution in [0, 0.1) is 0 Å². The molecule has 1 N–H and O–H groups in total. The Hall–Kier alpha value is -2.89. The molecule has 6 heteroatoms. The van der Waals surface area contributed by atoms with Gasteiger partial charge in [0, 0.05) is 25.1 Å². The van der Waals surface area contributed by atoms with E-state index in [2.05, 4.69) is 10.1 Å². The number of esters is 1. The average molecular weight is 368 g/mol. The van der Waals surface area contributed by atoms with E-state index in [1.54, 1.807) is 4.90 Å². The molecule has 1 fully saturated rings. The summed E-state index contributed by atoms with van der Waals surface area (Å²) in [5.41, 5.74) is 0.586. The Labute approximate surface area is 158 Å². The molecule has 1 unspecified atom stereocenters. The van der Waals surface area contributed by atoms with Crippen molar-refractivity contribution in [3.63, 3.8) is 0 Å². The van der Waals surface area contributed by atoms with Crippen LogP contribution in [-0.4, -0.2) is 48.9 Å². The maximum Gasteiger partial charge on any atom is 0.305 e. The lowest BCUT2D eigenvalue weighted by atomic mass is 10.0. The highest BCUT2D eigenvalue weighted by atomic mass is 16.5. The number of rotatable bonds is 6. The Morgan fingerprint density at radius 2 is 1.93 bits per heavy atom. The Balaban J connectivity index is 1.71. The smallest absolute Gasteiger partial charge is 0.305 e. The van der Waals surface area contributed by atoms with Gasteiger partial charge in [-0.15, -0.1) is 0 Å². The van der Waals surface area contributed by atoms with E-state index >= 15 is 0 Å². The van der Waals surface area contributed by atoms with Gasteiger partial charge in [0.05, 0.1) is 7.11 Å². The molecule has 0 aliphatic carbocycles. The van der Waals surface area contributed by atoms with Crippen molar-refractivity contribution < 1.29 is 19.1 Å². The molecule has 2 amide bonds. The zero-order chi connectivity index (χ0) is 19.2.